The lowest BCUT2D eigenvalue weighted by Crippen LogP contribution is -2.60. The first-order valence-corrected chi connectivity index (χ1v) is 16.2. The largest absolute Gasteiger partial charge is 0.480 e. The molecule has 0 aliphatic carbocycles. The minimum absolute atomic E-state index is 0.0663. The highest BCUT2D eigenvalue weighted by molar-refractivity contribution is 5.95. The van der Waals surface area contributed by atoms with Gasteiger partial charge in [-0.2, -0.15) is 0 Å². The maximum absolute atomic E-state index is 13.7. The molecule has 1 heterocycles. The predicted octanol–water partition coefficient (Wildman–Crippen LogP) is -0.190. The van der Waals surface area contributed by atoms with E-state index >= 15 is 0 Å². The Labute approximate surface area is 281 Å². The number of aliphatic carboxylic acids is 1. The summed E-state index contributed by atoms with van der Waals surface area (Å²) in [4.78, 5) is 67.0. The molecule has 4 amide bonds. The summed E-state index contributed by atoms with van der Waals surface area (Å²) in [7, 11) is 0. The molecule has 4 atom stereocenters. The lowest BCUT2D eigenvalue weighted by atomic mass is 9.88. The molecule has 1 fully saturated rings. The molecule has 3 rings (SSSR count). The molecule has 1 saturated heterocycles. The van der Waals surface area contributed by atoms with Gasteiger partial charge in [-0.05, 0) is 56.2 Å². The molecule has 1 aliphatic rings. The first-order chi connectivity index (χ1) is 23.0. The molecule has 0 saturated carbocycles. The normalized spacial score (nSPS) is 16.3. The van der Waals surface area contributed by atoms with E-state index in [1.807, 2.05) is 48.5 Å². The Kier molecular flexibility index (Phi) is 14.6. The molecule has 10 N–H and O–H groups in total. The molecule has 0 aromatic heterocycles. The minimum atomic E-state index is -1.42. The van der Waals surface area contributed by atoms with Crippen LogP contribution in [-0.4, -0.2) is 88.9 Å². The van der Waals surface area contributed by atoms with Crippen LogP contribution in [0.15, 0.2) is 60.7 Å². The maximum atomic E-state index is 13.7. The monoisotopic (exact) mass is 661 g/mol. The van der Waals surface area contributed by atoms with Gasteiger partial charge in [0.25, 0.3) is 0 Å². The van der Waals surface area contributed by atoms with Crippen molar-refractivity contribution in [3.8, 4) is 12.3 Å². The Hall–Kier alpha value is -4.77. The third-order valence-corrected chi connectivity index (χ3v) is 8.46. The number of likely N-dealkylation sites (tertiary alicyclic amines) is 1. The number of carboxylic acid groups (broad SMARTS) is 1. The summed E-state index contributed by atoms with van der Waals surface area (Å²) in [5.74, 6) is -0.974. The number of amides is 4. The number of rotatable bonds is 17. The highest BCUT2D eigenvalue weighted by Crippen LogP contribution is 2.21. The lowest BCUT2D eigenvalue weighted by Gasteiger charge is -2.38. The van der Waals surface area contributed by atoms with E-state index in [1.165, 1.54) is 4.90 Å². The molecule has 13 nitrogen and oxygen atoms in total. The second-order valence-corrected chi connectivity index (χ2v) is 12.1. The van der Waals surface area contributed by atoms with Gasteiger partial charge in [0.1, 0.15) is 23.7 Å². The summed E-state index contributed by atoms with van der Waals surface area (Å²) in [5.41, 5.74) is 18.0. The number of unbranched alkanes of at least 4 members (excludes halogenated alkanes) is 1. The predicted molar refractivity (Wildman–Crippen MR) is 181 cm³/mol. The van der Waals surface area contributed by atoms with E-state index in [0.29, 0.717) is 19.4 Å². The van der Waals surface area contributed by atoms with Crippen molar-refractivity contribution in [3.05, 3.63) is 71.8 Å². The van der Waals surface area contributed by atoms with Crippen LogP contribution in [0.25, 0.3) is 0 Å². The molecule has 13 heteroatoms. The summed E-state index contributed by atoms with van der Waals surface area (Å²) in [5, 5.41) is 17.6. The first-order valence-electron chi connectivity index (χ1n) is 16.2. The Bertz CT molecular complexity index is 1420. The van der Waals surface area contributed by atoms with E-state index in [4.69, 9.17) is 23.6 Å². The van der Waals surface area contributed by atoms with Crippen LogP contribution in [0.2, 0.25) is 0 Å². The third kappa shape index (κ3) is 11.2. The Morgan fingerprint density at radius 2 is 1.33 bits per heavy atom. The molecular weight excluding hydrogens is 614 g/mol. The second kappa shape index (κ2) is 18.5. The quantitative estimate of drug-likeness (QED) is 0.0880. The van der Waals surface area contributed by atoms with E-state index in [9.17, 15) is 29.1 Å². The zero-order valence-electron chi connectivity index (χ0n) is 27.1. The third-order valence-electron chi connectivity index (χ3n) is 8.46. The number of benzene rings is 2. The van der Waals surface area contributed by atoms with Gasteiger partial charge in [-0.3, -0.25) is 24.0 Å². The van der Waals surface area contributed by atoms with E-state index in [1.54, 1.807) is 12.1 Å². The topological polar surface area (TPSA) is 223 Å². The van der Waals surface area contributed by atoms with Crippen LogP contribution in [0.4, 0.5) is 0 Å². The van der Waals surface area contributed by atoms with Gasteiger partial charge >= 0.3 is 5.97 Å². The zero-order chi connectivity index (χ0) is 35.1. The second-order valence-electron chi connectivity index (χ2n) is 12.1. The summed E-state index contributed by atoms with van der Waals surface area (Å²) in [6.07, 6.45) is 7.33. The maximum Gasteiger partial charge on any atom is 0.323 e. The van der Waals surface area contributed by atoms with Gasteiger partial charge in [-0.1, -0.05) is 60.7 Å². The fourth-order valence-electron chi connectivity index (χ4n) is 5.48. The van der Waals surface area contributed by atoms with Crippen LogP contribution in [0.5, 0.6) is 0 Å². The molecule has 1 aliphatic heterocycles. The Balaban J connectivity index is 1.74. The lowest BCUT2D eigenvalue weighted by molar-refractivity contribution is -0.148. The van der Waals surface area contributed by atoms with Crippen molar-refractivity contribution in [2.45, 2.75) is 81.1 Å². The summed E-state index contributed by atoms with van der Waals surface area (Å²) >= 11 is 0. The number of nitrogens with zero attached hydrogens (tertiary/aromatic N) is 1. The van der Waals surface area contributed by atoms with Gasteiger partial charge in [0.05, 0.1) is 6.04 Å². The van der Waals surface area contributed by atoms with Gasteiger partial charge < -0.3 is 43.2 Å². The van der Waals surface area contributed by atoms with E-state index < -0.39 is 53.4 Å². The average Bonchev–Trinajstić information content (AvgIpc) is 3.08. The van der Waals surface area contributed by atoms with Gasteiger partial charge in [0.15, 0.2) is 0 Å². The van der Waals surface area contributed by atoms with Crippen molar-refractivity contribution < 1.29 is 29.1 Å². The van der Waals surface area contributed by atoms with E-state index in [2.05, 4.69) is 21.9 Å². The molecule has 0 spiro atoms. The highest BCUT2D eigenvalue weighted by atomic mass is 16.4. The van der Waals surface area contributed by atoms with Gasteiger partial charge in [-0.15, -0.1) is 12.3 Å². The van der Waals surface area contributed by atoms with Crippen molar-refractivity contribution in [2.24, 2.45) is 17.2 Å². The molecule has 258 valence electrons. The highest BCUT2D eigenvalue weighted by Gasteiger charge is 2.40. The average molecular weight is 662 g/mol. The van der Waals surface area contributed by atoms with Crippen LogP contribution in [-0.2, 0) is 36.8 Å². The van der Waals surface area contributed by atoms with Crippen LogP contribution >= 0.6 is 0 Å². The number of nitrogens with one attached hydrogen (secondary N) is 3. The Morgan fingerprint density at radius 1 is 0.812 bits per heavy atom. The molecule has 0 bridgehead atoms. The van der Waals surface area contributed by atoms with Crippen LogP contribution in [0.3, 0.4) is 0 Å². The molecule has 2 aromatic rings. The van der Waals surface area contributed by atoms with Crippen molar-refractivity contribution in [2.75, 3.05) is 19.6 Å². The number of hydrogen-bond acceptors (Lipinski definition) is 8. The molecule has 0 radical (unpaired) electrons. The summed E-state index contributed by atoms with van der Waals surface area (Å²) < 4.78 is 0. The van der Waals surface area contributed by atoms with Crippen LogP contribution in [0.1, 0.15) is 49.7 Å². The van der Waals surface area contributed by atoms with E-state index in [-0.39, 0.29) is 57.5 Å². The van der Waals surface area contributed by atoms with E-state index in [0.717, 1.165) is 11.1 Å². The number of hydrogen-bond donors (Lipinski definition) is 7. The summed E-state index contributed by atoms with van der Waals surface area (Å²) in [6, 6.07) is 14.1. The SMILES string of the molecule is C#CCC(NC(=O)C(Cc1ccccc1)NC(=O)C(N)Cc1ccccc1)C(=O)NC(CCCCN)C(=O)N1CCC(N)(C(=O)O)CC1. The first kappa shape index (κ1) is 37.7. The molecule has 2 aromatic carbocycles. The zero-order valence-corrected chi connectivity index (χ0v) is 27.1. The van der Waals surface area contributed by atoms with Gasteiger partial charge in [0.2, 0.25) is 23.6 Å². The van der Waals surface area contributed by atoms with Gasteiger partial charge in [-0.25, -0.2) is 0 Å². The van der Waals surface area contributed by atoms with Crippen LogP contribution in [0, 0.1) is 12.3 Å². The fraction of sp³-hybridized carbons (Fsp3) is 0.457. The Morgan fingerprint density at radius 3 is 1.88 bits per heavy atom. The van der Waals surface area contributed by atoms with Crippen molar-refractivity contribution >= 4 is 29.6 Å². The van der Waals surface area contributed by atoms with Crippen LogP contribution < -0.4 is 33.2 Å². The number of terminal acetylenes is 1. The smallest absolute Gasteiger partial charge is 0.323 e. The number of carbonyl (C=O) groups is 5. The minimum Gasteiger partial charge on any atom is -0.480 e. The molecule has 48 heavy (non-hydrogen) atoms. The summed E-state index contributed by atoms with van der Waals surface area (Å²) in [6.45, 7) is 0.623. The number of carboxylic acids is 1. The number of carbonyl (C=O) groups excluding carboxylic acids is 4. The standard InChI is InChI=1S/C35H47N7O6/c1-2-11-27(31(44)40-28(16-9-10-19-36)33(46)42-20-17-35(38,18-21-42)34(47)48)39-32(45)29(23-25-14-7-4-8-15-25)41-30(43)26(37)22-24-12-5-3-6-13-24/h1,3-8,12-15,26-29H,9-11,16-23,36-38H2,(H,39,45)(H,40,44)(H,41,43)(H,47,48). The van der Waals surface area contributed by atoms with Crippen molar-refractivity contribution in [1.29, 1.82) is 0 Å². The fourth-order valence-corrected chi connectivity index (χ4v) is 5.48. The molecule has 4 unspecified atom stereocenters. The van der Waals surface area contributed by atoms with Gasteiger partial charge in [0, 0.05) is 25.9 Å². The van der Waals surface area contributed by atoms with Crippen molar-refractivity contribution in [3.63, 3.8) is 0 Å². The number of nitrogens with two attached hydrogens (primary N) is 3. The number of piperidine rings is 1. The molecular formula is C35H47N7O6. The van der Waals surface area contributed by atoms with Crippen molar-refractivity contribution in [1.82, 2.24) is 20.9 Å².